The molecule has 206 valence electrons. The largest absolute Gasteiger partial charge is 0.495 e. The van der Waals surface area contributed by atoms with Crippen molar-refractivity contribution in [2.75, 3.05) is 14.2 Å². The molecule has 2 nitrogen and oxygen atoms in total. The van der Waals surface area contributed by atoms with Gasteiger partial charge in [-0.2, -0.15) is 0 Å². The van der Waals surface area contributed by atoms with Crippen molar-refractivity contribution in [1.29, 1.82) is 0 Å². The van der Waals surface area contributed by atoms with Crippen LogP contribution in [0.25, 0.3) is 22.3 Å². The highest BCUT2D eigenvalue weighted by atomic mass is 32.2. The first-order valence-electron chi connectivity index (χ1n) is 13.8. The molecular formula is C38H31O2S2+. The van der Waals surface area contributed by atoms with E-state index in [0.29, 0.717) is 0 Å². The molecule has 0 N–H and O–H groups in total. The number of hydrogen-bond acceptors (Lipinski definition) is 3. The summed E-state index contributed by atoms with van der Waals surface area (Å²) in [5.41, 5.74) is 4.84. The SMILES string of the molecule is COc1cc([S+](c2ccc(-c3ccccc3)cc2)c2ccccc2OC)ccc1Sc1ccc(-c2ccccc2)cc1. The van der Waals surface area contributed by atoms with E-state index >= 15 is 0 Å². The number of para-hydroxylation sites is 1. The van der Waals surface area contributed by atoms with Crippen molar-refractivity contribution in [3.05, 3.63) is 152 Å². The van der Waals surface area contributed by atoms with E-state index < -0.39 is 10.9 Å². The molecule has 1 unspecified atom stereocenters. The molecule has 0 heterocycles. The molecule has 0 bridgehead atoms. The van der Waals surface area contributed by atoms with Gasteiger partial charge in [-0.05, 0) is 82.9 Å². The average Bonchev–Trinajstić information content (AvgIpc) is 3.07. The molecule has 6 aromatic carbocycles. The van der Waals surface area contributed by atoms with Gasteiger partial charge in [-0.1, -0.05) is 96.7 Å². The second-order valence-corrected chi connectivity index (χ2v) is 12.8. The Kier molecular flexibility index (Phi) is 8.64. The molecular weight excluding hydrogens is 553 g/mol. The van der Waals surface area contributed by atoms with Crippen LogP contribution in [0.5, 0.6) is 11.5 Å². The summed E-state index contributed by atoms with van der Waals surface area (Å²) in [6.45, 7) is 0. The van der Waals surface area contributed by atoms with E-state index in [1.54, 1.807) is 26.0 Å². The van der Waals surface area contributed by atoms with Crippen LogP contribution >= 0.6 is 11.8 Å². The summed E-state index contributed by atoms with van der Waals surface area (Å²) in [5, 5.41) is 0. The van der Waals surface area contributed by atoms with Gasteiger partial charge in [0.25, 0.3) is 0 Å². The van der Waals surface area contributed by atoms with Crippen LogP contribution in [0.15, 0.2) is 176 Å². The van der Waals surface area contributed by atoms with E-state index in [1.165, 1.54) is 36.9 Å². The lowest BCUT2D eigenvalue weighted by Gasteiger charge is -2.14. The molecule has 0 fully saturated rings. The minimum Gasteiger partial charge on any atom is -0.495 e. The van der Waals surface area contributed by atoms with Gasteiger partial charge in [0.15, 0.2) is 15.5 Å². The zero-order valence-corrected chi connectivity index (χ0v) is 25.2. The topological polar surface area (TPSA) is 18.5 Å². The van der Waals surface area contributed by atoms with E-state index in [0.717, 1.165) is 21.3 Å². The normalized spacial score (nSPS) is 11.6. The van der Waals surface area contributed by atoms with Gasteiger partial charge in [-0.15, -0.1) is 0 Å². The van der Waals surface area contributed by atoms with Gasteiger partial charge >= 0.3 is 0 Å². The van der Waals surface area contributed by atoms with Crippen LogP contribution in [0.1, 0.15) is 0 Å². The zero-order chi connectivity index (χ0) is 28.7. The monoisotopic (exact) mass is 583 g/mol. The summed E-state index contributed by atoms with van der Waals surface area (Å²) in [6.07, 6.45) is 0. The maximum absolute atomic E-state index is 5.96. The summed E-state index contributed by atoms with van der Waals surface area (Å²) in [5.74, 6) is 1.74. The summed E-state index contributed by atoms with van der Waals surface area (Å²) in [6, 6.07) is 53.4. The Morgan fingerprint density at radius 1 is 0.452 bits per heavy atom. The minimum atomic E-state index is -0.396. The third-order valence-electron chi connectivity index (χ3n) is 7.05. The Balaban J connectivity index is 1.34. The molecule has 0 aliphatic rings. The Bertz CT molecular complexity index is 1750. The Morgan fingerprint density at radius 2 is 0.952 bits per heavy atom. The number of ether oxygens (including phenoxy) is 2. The molecule has 0 radical (unpaired) electrons. The standard InChI is InChI=1S/C38H31O2S2/c1-39-35-15-9-10-16-38(35)42(33-23-19-31(20-24-33)29-13-7-4-8-14-29)34-25-26-37(36(27-34)40-2)41-32-21-17-30(18-22-32)28-11-5-3-6-12-28/h3-27H,1-2H3/q+1. The molecule has 0 spiro atoms. The van der Waals surface area contributed by atoms with Gasteiger partial charge in [0.05, 0.1) is 19.1 Å². The van der Waals surface area contributed by atoms with Crippen LogP contribution in [-0.4, -0.2) is 14.2 Å². The minimum absolute atomic E-state index is 0.396. The van der Waals surface area contributed by atoms with E-state index in [9.17, 15) is 0 Å². The lowest BCUT2D eigenvalue weighted by atomic mass is 10.1. The van der Waals surface area contributed by atoms with Gasteiger partial charge in [0, 0.05) is 11.0 Å². The van der Waals surface area contributed by atoms with Crippen molar-refractivity contribution in [3.63, 3.8) is 0 Å². The predicted molar refractivity (Wildman–Crippen MR) is 176 cm³/mol. The molecule has 6 aromatic rings. The maximum Gasteiger partial charge on any atom is 0.208 e. The Hall–Kier alpha value is -4.38. The quantitative estimate of drug-likeness (QED) is 0.158. The lowest BCUT2D eigenvalue weighted by Crippen LogP contribution is -2.07. The first-order valence-corrected chi connectivity index (χ1v) is 15.8. The van der Waals surface area contributed by atoms with Crippen LogP contribution < -0.4 is 9.47 Å². The predicted octanol–water partition coefficient (Wildman–Crippen LogP) is 10.3. The van der Waals surface area contributed by atoms with Crippen LogP contribution in [-0.2, 0) is 10.9 Å². The smallest absolute Gasteiger partial charge is 0.208 e. The summed E-state index contributed by atoms with van der Waals surface area (Å²) < 4.78 is 11.8. The van der Waals surface area contributed by atoms with Crippen molar-refractivity contribution in [3.8, 4) is 33.8 Å². The van der Waals surface area contributed by atoms with Gasteiger partial charge in [0.2, 0.25) is 4.90 Å². The van der Waals surface area contributed by atoms with Crippen LogP contribution in [0.4, 0.5) is 0 Å². The van der Waals surface area contributed by atoms with Gasteiger partial charge in [-0.3, -0.25) is 0 Å². The van der Waals surface area contributed by atoms with E-state index in [2.05, 4.69) is 127 Å². The van der Waals surface area contributed by atoms with E-state index in [-0.39, 0.29) is 0 Å². The Morgan fingerprint density at radius 3 is 1.55 bits per heavy atom. The molecule has 6 rings (SSSR count). The molecule has 0 amide bonds. The summed E-state index contributed by atoms with van der Waals surface area (Å²) in [4.78, 5) is 5.79. The van der Waals surface area contributed by atoms with Crippen molar-refractivity contribution in [1.82, 2.24) is 0 Å². The molecule has 42 heavy (non-hydrogen) atoms. The fraction of sp³-hybridized carbons (Fsp3) is 0.0526. The van der Waals surface area contributed by atoms with Gasteiger partial charge in [-0.25, -0.2) is 0 Å². The molecule has 0 saturated heterocycles. The molecule has 1 atom stereocenters. The second kappa shape index (κ2) is 13.1. The van der Waals surface area contributed by atoms with Crippen LogP contribution in [0.3, 0.4) is 0 Å². The average molecular weight is 584 g/mol. The fourth-order valence-electron chi connectivity index (χ4n) is 4.92. The van der Waals surface area contributed by atoms with Crippen molar-refractivity contribution >= 4 is 22.7 Å². The van der Waals surface area contributed by atoms with Gasteiger partial charge < -0.3 is 9.47 Å². The highest BCUT2D eigenvalue weighted by Crippen LogP contribution is 2.42. The van der Waals surface area contributed by atoms with Crippen LogP contribution in [0, 0.1) is 0 Å². The highest BCUT2D eigenvalue weighted by Gasteiger charge is 2.33. The zero-order valence-electron chi connectivity index (χ0n) is 23.6. The Labute approximate surface area is 255 Å². The molecule has 0 aromatic heterocycles. The molecule has 0 aliphatic heterocycles. The summed E-state index contributed by atoms with van der Waals surface area (Å²) >= 11 is 1.72. The maximum atomic E-state index is 5.96. The highest BCUT2D eigenvalue weighted by molar-refractivity contribution is 7.99. The number of methoxy groups -OCH3 is 2. The fourth-order valence-corrected chi connectivity index (χ4v) is 8.01. The number of rotatable bonds is 9. The number of benzene rings is 6. The van der Waals surface area contributed by atoms with Crippen molar-refractivity contribution < 1.29 is 9.47 Å². The van der Waals surface area contributed by atoms with Gasteiger partial charge in [0.1, 0.15) is 16.6 Å². The lowest BCUT2D eigenvalue weighted by molar-refractivity contribution is 0.403. The second-order valence-electron chi connectivity index (χ2n) is 9.65. The molecule has 0 saturated carbocycles. The third-order valence-corrected chi connectivity index (χ3v) is 10.4. The first-order chi connectivity index (χ1) is 20.7. The molecule has 0 aliphatic carbocycles. The van der Waals surface area contributed by atoms with Crippen molar-refractivity contribution in [2.24, 2.45) is 0 Å². The molecule has 4 heteroatoms. The van der Waals surface area contributed by atoms with E-state index in [4.69, 9.17) is 9.47 Å². The van der Waals surface area contributed by atoms with Crippen molar-refractivity contribution in [2.45, 2.75) is 24.5 Å². The van der Waals surface area contributed by atoms with Crippen LogP contribution in [0.2, 0.25) is 0 Å². The summed E-state index contributed by atoms with van der Waals surface area (Å²) in [7, 11) is 3.09. The first kappa shape index (κ1) is 27.8. The van der Waals surface area contributed by atoms with E-state index in [1.807, 2.05) is 24.3 Å². The third kappa shape index (κ3) is 6.11. The number of hydrogen-bond donors (Lipinski definition) is 0.